The number of carbonyl (C=O) groups is 2. The van der Waals surface area contributed by atoms with Crippen molar-refractivity contribution in [2.45, 2.75) is 19.3 Å². The number of benzene rings is 2. The van der Waals surface area contributed by atoms with E-state index in [9.17, 15) is 9.59 Å². The van der Waals surface area contributed by atoms with Crippen molar-refractivity contribution in [1.29, 1.82) is 0 Å². The maximum atomic E-state index is 12.4. The maximum absolute atomic E-state index is 12.4. The number of methoxy groups -OCH3 is 2. The van der Waals surface area contributed by atoms with Crippen molar-refractivity contribution in [3.05, 3.63) is 53.4 Å². The van der Waals surface area contributed by atoms with E-state index >= 15 is 0 Å². The number of hydrogen-bond acceptors (Lipinski definition) is 7. The molecule has 1 aliphatic heterocycles. The standard InChI is InChI=1S/C22H23NO6/c1-4-28-22(25)20-17(7-8-24)18-11-13(5-6-19(18)29-21(20)23)14-9-15(26-2)12-16(10-14)27-3/h5-6,8-12,17H,4,7,23H2,1-3H3/t17-/m1/s1. The number of fused-ring (bicyclic) bond motifs is 1. The van der Waals surface area contributed by atoms with Crippen molar-refractivity contribution >= 4 is 12.3 Å². The molecular formula is C22H23NO6. The van der Waals surface area contributed by atoms with Crippen LogP contribution < -0.4 is 19.9 Å². The Labute approximate surface area is 169 Å². The van der Waals surface area contributed by atoms with Crippen molar-refractivity contribution in [3.63, 3.8) is 0 Å². The molecule has 7 heteroatoms. The van der Waals surface area contributed by atoms with E-state index in [1.54, 1.807) is 33.3 Å². The summed E-state index contributed by atoms with van der Waals surface area (Å²) in [7, 11) is 3.16. The monoisotopic (exact) mass is 397 g/mol. The fourth-order valence-electron chi connectivity index (χ4n) is 3.36. The first-order chi connectivity index (χ1) is 14.0. The summed E-state index contributed by atoms with van der Waals surface area (Å²) in [6.45, 7) is 1.90. The average Bonchev–Trinajstić information content (AvgIpc) is 2.73. The summed E-state index contributed by atoms with van der Waals surface area (Å²) < 4.78 is 21.5. The molecule has 0 radical (unpaired) electrons. The molecule has 29 heavy (non-hydrogen) atoms. The summed E-state index contributed by atoms with van der Waals surface area (Å²) in [5.41, 5.74) is 8.53. The highest BCUT2D eigenvalue weighted by Gasteiger charge is 2.34. The van der Waals surface area contributed by atoms with Gasteiger partial charge in [0.1, 0.15) is 29.1 Å². The van der Waals surface area contributed by atoms with Gasteiger partial charge < -0.3 is 29.5 Å². The highest BCUT2D eigenvalue weighted by Crippen LogP contribution is 2.42. The molecule has 0 saturated carbocycles. The number of hydrogen-bond donors (Lipinski definition) is 1. The summed E-state index contributed by atoms with van der Waals surface area (Å²) >= 11 is 0. The van der Waals surface area contributed by atoms with E-state index in [-0.39, 0.29) is 24.5 Å². The lowest BCUT2D eigenvalue weighted by Gasteiger charge is -2.27. The van der Waals surface area contributed by atoms with Gasteiger partial charge in [0.25, 0.3) is 0 Å². The van der Waals surface area contributed by atoms with Gasteiger partial charge >= 0.3 is 5.97 Å². The van der Waals surface area contributed by atoms with Gasteiger partial charge in [0.05, 0.1) is 20.8 Å². The van der Waals surface area contributed by atoms with Crippen molar-refractivity contribution in [2.75, 3.05) is 20.8 Å². The summed E-state index contributed by atoms with van der Waals surface area (Å²) in [4.78, 5) is 23.8. The number of rotatable bonds is 7. The van der Waals surface area contributed by atoms with E-state index in [2.05, 4.69) is 0 Å². The van der Waals surface area contributed by atoms with Gasteiger partial charge in [-0.2, -0.15) is 0 Å². The van der Waals surface area contributed by atoms with Crippen LogP contribution in [0.25, 0.3) is 11.1 Å². The summed E-state index contributed by atoms with van der Waals surface area (Å²) in [6.07, 6.45) is 0.837. The second kappa shape index (κ2) is 8.68. The minimum atomic E-state index is -0.587. The molecule has 1 heterocycles. The van der Waals surface area contributed by atoms with Gasteiger partial charge in [0.2, 0.25) is 5.88 Å². The van der Waals surface area contributed by atoms with Crippen molar-refractivity contribution < 1.29 is 28.5 Å². The molecule has 0 bridgehead atoms. The molecule has 0 fully saturated rings. The zero-order chi connectivity index (χ0) is 21.0. The molecule has 0 saturated heterocycles. The smallest absolute Gasteiger partial charge is 0.340 e. The normalized spacial score (nSPS) is 15.2. The molecule has 3 rings (SSSR count). The van der Waals surface area contributed by atoms with Crippen LogP contribution in [0.1, 0.15) is 24.8 Å². The topological polar surface area (TPSA) is 97.1 Å². The Morgan fingerprint density at radius 2 is 1.79 bits per heavy atom. The fourth-order valence-corrected chi connectivity index (χ4v) is 3.36. The van der Waals surface area contributed by atoms with Crippen LogP contribution in [0, 0.1) is 0 Å². The third-order valence-corrected chi connectivity index (χ3v) is 4.73. The quantitative estimate of drug-likeness (QED) is 0.566. The zero-order valence-corrected chi connectivity index (χ0v) is 16.6. The van der Waals surface area contributed by atoms with Gasteiger partial charge in [-0.05, 0) is 42.3 Å². The summed E-state index contributed by atoms with van der Waals surface area (Å²) in [6, 6.07) is 11.0. The molecule has 1 atom stereocenters. The number of aldehydes is 1. The van der Waals surface area contributed by atoms with Crippen LogP contribution >= 0.6 is 0 Å². The Kier molecular flexibility index (Phi) is 6.07. The second-order valence-electron chi connectivity index (χ2n) is 6.41. The van der Waals surface area contributed by atoms with Gasteiger partial charge in [-0.15, -0.1) is 0 Å². The number of esters is 1. The van der Waals surface area contributed by atoms with Gasteiger partial charge in [-0.1, -0.05) is 6.07 Å². The lowest BCUT2D eigenvalue weighted by Crippen LogP contribution is -2.27. The van der Waals surface area contributed by atoms with Crippen LogP contribution in [0.5, 0.6) is 17.2 Å². The molecule has 0 aromatic heterocycles. The Bertz CT molecular complexity index is 944. The Morgan fingerprint density at radius 3 is 2.38 bits per heavy atom. The van der Waals surface area contributed by atoms with Gasteiger partial charge in [-0.3, -0.25) is 0 Å². The molecular weight excluding hydrogens is 374 g/mol. The van der Waals surface area contributed by atoms with Crippen LogP contribution in [0.15, 0.2) is 47.9 Å². The van der Waals surface area contributed by atoms with Gasteiger partial charge in [0, 0.05) is 24.0 Å². The SMILES string of the molecule is CCOC(=O)C1=C(N)Oc2ccc(-c3cc(OC)cc(OC)c3)cc2[C@H]1CC=O. The van der Waals surface area contributed by atoms with E-state index in [4.69, 9.17) is 24.7 Å². The molecule has 0 spiro atoms. The highest BCUT2D eigenvalue weighted by atomic mass is 16.5. The molecule has 0 amide bonds. The average molecular weight is 397 g/mol. The highest BCUT2D eigenvalue weighted by molar-refractivity contribution is 5.92. The van der Waals surface area contributed by atoms with Crippen molar-refractivity contribution in [3.8, 4) is 28.4 Å². The zero-order valence-electron chi connectivity index (χ0n) is 16.6. The Morgan fingerprint density at radius 1 is 1.10 bits per heavy atom. The molecule has 0 unspecified atom stereocenters. The second-order valence-corrected chi connectivity index (χ2v) is 6.41. The largest absolute Gasteiger partial charge is 0.497 e. The van der Waals surface area contributed by atoms with Crippen LogP contribution in [0.4, 0.5) is 0 Å². The first kappa shape index (κ1) is 20.3. The van der Waals surface area contributed by atoms with Gasteiger partial charge in [0.15, 0.2) is 0 Å². The molecule has 152 valence electrons. The lowest BCUT2D eigenvalue weighted by atomic mass is 9.85. The molecule has 0 aliphatic carbocycles. The number of ether oxygens (including phenoxy) is 4. The Balaban J connectivity index is 2.10. The van der Waals surface area contributed by atoms with E-state index in [1.807, 2.05) is 24.3 Å². The van der Waals surface area contributed by atoms with E-state index in [0.717, 1.165) is 17.4 Å². The van der Waals surface area contributed by atoms with Crippen LogP contribution in [-0.4, -0.2) is 33.1 Å². The Hall–Kier alpha value is -3.48. The first-order valence-electron chi connectivity index (χ1n) is 9.18. The van der Waals surface area contributed by atoms with E-state index in [1.165, 1.54) is 0 Å². The molecule has 2 N–H and O–H groups in total. The maximum Gasteiger partial charge on any atom is 0.340 e. The minimum Gasteiger partial charge on any atom is -0.497 e. The molecule has 2 aromatic carbocycles. The lowest BCUT2D eigenvalue weighted by molar-refractivity contribution is -0.139. The van der Waals surface area contributed by atoms with Crippen molar-refractivity contribution in [2.24, 2.45) is 5.73 Å². The predicted molar refractivity (Wildman–Crippen MR) is 107 cm³/mol. The van der Waals surface area contributed by atoms with Crippen LogP contribution in [-0.2, 0) is 14.3 Å². The minimum absolute atomic E-state index is 0.0430. The van der Waals surface area contributed by atoms with Crippen LogP contribution in [0.3, 0.4) is 0 Å². The first-order valence-corrected chi connectivity index (χ1v) is 9.18. The van der Waals surface area contributed by atoms with E-state index < -0.39 is 11.9 Å². The summed E-state index contributed by atoms with van der Waals surface area (Å²) in [5, 5.41) is 0. The number of carbonyl (C=O) groups excluding carboxylic acids is 2. The molecule has 7 nitrogen and oxygen atoms in total. The van der Waals surface area contributed by atoms with Crippen LogP contribution in [0.2, 0.25) is 0 Å². The molecule has 1 aliphatic rings. The predicted octanol–water partition coefficient (Wildman–Crippen LogP) is 3.17. The summed E-state index contributed by atoms with van der Waals surface area (Å²) in [5.74, 6) is 0.613. The van der Waals surface area contributed by atoms with Gasteiger partial charge in [-0.25, -0.2) is 4.79 Å². The fraction of sp³-hybridized carbons (Fsp3) is 0.273. The number of nitrogens with two attached hydrogens (primary N) is 1. The van der Waals surface area contributed by atoms with E-state index in [0.29, 0.717) is 22.8 Å². The molecule has 2 aromatic rings. The third-order valence-electron chi connectivity index (χ3n) is 4.73. The third kappa shape index (κ3) is 4.03. The van der Waals surface area contributed by atoms with Crippen molar-refractivity contribution in [1.82, 2.24) is 0 Å².